The van der Waals surface area contributed by atoms with Crippen LogP contribution in [0.2, 0.25) is 0 Å². The number of anilines is 1. The number of piperazine rings is 1. The Morgan fingerprint density at radius 1 is 1.53 bits per heavy atom. The van der Waals surface area contributed by atoms with E-state index in [-0.39, 0.29) is 5.82 Å². The molecular weight excluding hydrogens is 237 g/mol. The number of hydrogen-bond acceptors (Lipinski definition) is 4. The van der Waals surface area contributed by atoms with Crippen molar-refractivity contribution in [3.05, 3.63) is 24.0 Å². The molecule has 17 heavy (non-hydrogen) atoms. The summed E-state index contributed by atoms with van der Waals surface area (Å²) in [4.78, 5) is 6.83. The number of thiazole rings is 1. The largest absolute Gasteiger partial charge is 0.345 e. The number of nitrogens with one attached hydrogen (secondary N) is 1. The predicted octanol–water partition coefficient (Wildman–Crippen LogP) is 2.23. The van der Waals surface area contributed by atoms with Gasteiger partial charge < -0.3 is 10.2 Å². The zero-order valence-electron chi connectivity index (χ0n) is 9.61. The number of aromatic nitrogens is 1. The Morgan fingerprint density at radius 3 is 3.24 bits per heavy atom. The summed E-state index contributed by atoms with van der Waals surface area (Å²) < 4.78 is 14.0. The van der Waals surface area contributed by atoms with E-state index in [9.17, 15) is 4.39 Å². The van der Waals surface area contributed by atoms with Crippen LogP contribution in [0.1, 0.15) is 6.92 Å². The summed E-state index contributed by atoms with van der Waals surface area (Å²) in [6.07, 6.45) is 0. The first kappa shape index (κ1) is 10.9. The van der Waals surface area contributed by atoms with Crippen molar-refractivity contribution in [3.63, 3.8) is 0 Å². The second-order valence-corrected chi connectivity index (χ2v) is 5.42. The van der Waals surface area contributed by atoms with Crippen LogP contribution in [-0.4, -0.2) is 30.7 Å². The highest BCUT2D eigenvalue weighted by molar-refractivity contribution is 7.22. The van der Waals surface area contributed by atoms with Gasteiger partial charge in [-0.05, 0) is 25.1 Å². The maximum Gasteiger partial charge on any atom is 0.186 e. The first-order chi connectivity index (χ1) is 8.22. The van der Waals surface area contributed by atoms with E-state index in [1.807, 2.05) is 0 Å². The number of hydrogen-bond donors (Lipinski definition) is 1. The lowest BCUT2D eigenvalue weighted by atomic mass is 10.2. The summed E-state index contributed by atoms with van der Waals surface area (Å²) >= 11 is 1.57. The second-order valence-electron chi connectivity index (χ2n) is 4.41. The van der Waals surface area contributed by atoms with Crippen LogP contribution >= 0.6 is 11.3 Å². The van der Waals surface area contributed by atoms with Crippen LogP contribution in [-0.2, 0) is 0 Å². The standard InChI is InChI=1S/C12H14FN3S/c1-8-7-16(5-4-14-8)12-15-10-3-2-9(13)6-11(10)17-12/h2-3,6,8,14H,4-5,7H2,1H3. The maximum atomic E-state index is 13.1. The van der Waals surface area contributed by atoms with Crippen LogP contribution in [0, 0.1) is 5.82 Å². The predicted molar refractivity (Wildman–Crippen MR) is 69.3 cm³/mol. The summed E-state index contributed by atoms with van der Waals surface area (Å²) in [5.74, 6) is -0.193. The smallest absolute Gasteiger partial charge is 0.186 e. The van der Waals surface area contributed by atoms with Crippen molar-refractivity contribution in [2.75, 3.05) is 24.5 Å². The molecule has 1 aromatic heterocycles. The summed E-state index contributed by atoms with van der Waals surface area (Å²) in [6.45, 7) is 5.07. The monoisotopic (exact) mass is 251 g/mol. The van der Waals surface area contributed by atoms with Gasteiger partial charge in [0.25, 0.3) is 0 Å². The normalized spacial score (nSPS) is 21.1. The quantitative estimate of drug-likeness (QED) is 0.842. The number of benzene rings is 1. The number of nitrogens with zero attached hydrogens (tertiary/aromatic N) is 2. The maximum absolute atomic E-state index is 13.1. The molecular formula is C12H14FN3S. The molecule has 1 saturated heterocycles. The van der Waals surface area contributed by atoms with Crippen molar-refractivity contribution in [2.24, 2.45) is 0 Å². The SMILES string of the molecule is CC1CN(c2nc3ccc(F)cc3s2)CCN1. The highest BCUT2D eigenvalue weighted by Gasteiger charge is 2.18. The minimum Gasteiger partial charge on any atom is -0.345 e. The van der Waals surface area contributed by atoms with Gasteiger partial charge in [0.1, 0.15) is 5.82 Å². The van der Waals surface area contributed by atoms with Crippen molar-refractivity contribution in [1.82, 2.24) is 10.3 Å². The van der Waals surface area contributed by atoms with Crippen LogP contribution < -0.4 is 10.2 Å². The Balaban J connectivity index is 1.94. The summed E-state index contributed by atoms with van der Waals surface area (Å²) in [6, 6.07) is 5.25. The van der Waals surface area contributed by atoms with E-state index >= 15 is 0 Å². The van der Waals surface area contributed by atoms with E-state index < -0.39 is 0 Å². The first-order valence-corrected chi connectivity index (χ1v) is 6.58. The minimum atomic E-state index is -0.193. The molecule has 1 aromatic carbocycles. The van der Waals surface area contributed by atoms with Crippen LogP contribution in [0.25, 0.3) is 10.2 Å². The van der Waals surface area contributed by atoms with Crippen molar-refractivity contribution >= 4 is 26.7 Å². The average Bonchev–Trinajstić information content (AvgIpc) is 2.72. The van der Waals surface area contributed by atoms with Gasteiger partial charge in [-0.15, -0.1) is 0 Å². The van der Waals surface area contributed by atoms with E-state index in [4.69, 9.17) is 0 Å². The zero-order valence-corrected chi connectivity index (χ0v) is 10.4. The van der Waals surface area contributed by atoms with E-state index in [2.05, 4.69) is 22.1 Å². The highest BCUT2D eigenvalue weighted by atomic mass is 32.1. The second kappa shape index (κ2) is 4.23. The Hall–Kier alpha value is -1.20. The molecule has 1 atom stereocenters. The van der Waals surface area contributed by atoms with Crippen molar-refractivity contribution in [2.45, 2.75) is 13.0 Å². The molecule has 0 spiro atoms. The summed E-state index contributed by atoms with van der Waals surface area (Å²) in [5.41, 5.74) is 0.887. The van der Waals surface area contributed by atoms with Gasteiger partial charge in [0.2, 0.25) is 0 Å². The van der Waals surface area contributed by atoms with Gasteiger partial charge >= 0.3 is 0 Å². The Morgan fingerprint density at radius 2 is 2.41 bits per heavy atom. The fourth-order valence-corrected chi connectivity index (χ4v) is 3.15. The fraction of sp³-hybridized carbons (Fsp3) is 0.417. The first-order valence-electron chi connectivity index (χ1n) is 5.77. The molecule has 1 N–H and O–H groups in total. The van der Waals surface area contributed by atoms with Crippen LogP contribution in [0.3, 0.4) is 0 Å². The number of rotatable bonds is 1. The van der Waals surface area contributed by atoms with Crippen molar-refractivity contribution < 1.29 is 4.39 Å². The molecule has 0 amide bonds. The van der Waals surface area contributed by atoms with Gasteiger partial charge in [0.05, 0.1) is 10.2 Å². The lowest BCUT2D eigenvalue weighted by Crippen LogP contribution is -2.49. The minimum absolute atomic E-state index is 0.193. The van der Waals surface area contributed by atoms with Gasteiger partial charge in [-0.1, -0.05) is 11.3 Å². The van der Waals surface area contributed by atoms with Crippen molar-refractivity contribution in [1.29, 1.82) is 0 Å². The molecule has 3 rings (SSSR count). The molecule has 2 aromatic rings. The van der Waals surface area contributed by atoms with E-state index in [1.165, 1.54) is 6.07 Å². The third-order valence-corrected chi connectivity index (χ3v) is 4.06. The molecule has 0 bridgehead atoms. The number of halogens is 1. The molecule has 3 nitrogen and oxygen atoms in total. The highest BCUT2D eigenvalue weighted by Crippen LogP contribution is 2.29. The molecule has 0 radical (unpaired) electrons. The molecule has 0 aliphatic carbocycles. The topological polar surface area (TPSA) is 28.2 Å². The van der Waals surface area contributed by atoms with E-state index in [0.29, 0.717) is 6.04 Å². The summed E-state index contributed by atoms with van der Waals surface area (Å²) in [5, 5.41) is 4.40. The molecule has 1 unspecified atom stereocenters. The van der Waals surface area contributed by atoms with E-state index in [1.54, 1.807) is 23.5 Å². The molecule has 90 valence electrons. The van der Waals surface area contributed by atoms with Gasteiger partial charge in [-0.2, -0.15) is 0 Å². The number of fused-ring (bicyclic) bond motifs is 1. The molecule has 1 aliphatic rings. The fourth-order valence-electron chi connectivity index (χ4n) is 2.13. The molecule has 5 heteroatoms. The van der Waals surface area contributed by atoms with Crippen LogP contribution in [0.5, 0.6) is 0 Å². The summed E-state index contributed by atoms with van der Waals surface area (Å²) in [7, 11) is 0. The Bertz CT molecular complexity index is 540. The zero-order chi connectivity index (χ0) is 11.8. The molecule has 0 saturated carbocycles. The lowest BCUT2D eigenvalue weighted by molar-refractivity contribution is 0.484. The third-order valence-electron chi connectivity index (χ3n) is 2.98. The third kappa shape index (κ3) is 2.12. The van der Waals surface area contributed by atoms with E-state index in [0.717, 1.165) is 35.0 Å². The molecule has 1 aliphatic heterocycles. The van der Waals surface area contributed by atoms with Gasteiger partial charge in [0, 0.05) is 25.7 Å². The Labute approximate surface area is 103 Å². The Kier molecular flexibility index (Phi) is 2.72. The van der Waals surface area contributed by atoms with Gasteiger partial charge in [0.15, 0.2) is 5.13 Å². The lowest BCUT2D eigenvalue weighted by Gasteiger charge is -2.31. The van der Waals surface area contributed by atoms with Crippen molar-refractivity contribution in [3.8, 4) is 0 Å². The molecule has 1 fully saturated rings. The average molecular weight is 251 g/mol. The molecule has 2 heterocycles. The van der Waals surface area contributed by atoms with Crippen LogP contribution in [0.4, 0.5) is 9.52 Å². The van der Waals surface area contributed by atoms with Crippen LogP contribution in [0.15, 0.2) is 18.2 Å². The van der Waals surface area contributed by atoms with Gasteiger partial charge in [-0.3, -0.25) is 0 Å². The van der Waals surface area contributed by atoms with Gasteiger partial charge in [-0.25, -0.2) is 9.37 Å².